The highest BCUT2D eigenvalue weighted by Crippen LogP contribution is 2.31. The molecule has 0 spiro atoms. The molecule has 150 valence electrons. The van der Waals surface area contributed by atoms with Crippen LogP contribution in [-0.4, -0.2) is 19.2 Å². The monoisotopic (exact) mass is 388 g/mol. The summed E-state index contributed by atoms with van der Waals surface area (Å²) in [5.74, 6) is 0.757. The molecule has 0 aliphatic carbocycles. The number of hydrogen-bond donors (Lipinski definition) is 0. The molecule has 0 N–H and O–H groups in total. The Labute approximate surface area is 173 Å². The van der Waals surface area contributed by atoms with E-state index in [-0.39, 0.29) is 5.97 Å². The van der Waals surface area contributed by atoms with E-state index in [1.807, 2.05) is 19.1 Å². The van der Waals surface area contributed by atoms with Crippen molar-refractivity contribution in [2.45, 2.75) is 32.6 Å². The van der Waals surface area contributed by atoms with E-state index in [9.17, 15) is 4.79 Å². The van der Waals surface area contributed by atoms with Gasteiger partial charge in [-0.25, -0.2) is 0 Å². The summed E-state index contributed by atoms with van der Waals surface area (Å²) in [5, 5.41) is 0. The van der Waals surface area contributed by atoms with Crippen LogP contribution in [0.5, 0.6) is 5.75 Å². The first kappa shape index (κ1) is 20.7. The van der Waals surface area contributed by atoms with E-state index in [2.05, 4.69) is 66.7 Å². The molecule has 3 rings (SSSR count). The van der Waals surface area contributed by atoms with E-state index in [0.29, 0.717) is 19.6 Å². The average Bonchev–Trinajstić information content (AvgIpc) is 2.77. The quantitative estimate of drug-likeness (QED) is 0.293. The van der Waals surface area contributed by atoms with Crippen LogP contribution in [0.3, 0.4) is 0 Å². The molecule has 3 aromatic carbocycles. The van der Waals surface area contributed by atoms with Crippen molar-refractivity contribution >= 4 is 5.97 Å². The average molecular weight is 389 g/mol. The maximum absolute atomic E-state index is 11.4. The van der Waals surface area contributed by atoms with Gasteiger partial charge in [0.2, 0.25) is 0 Å². The molecule has 0 aromatic heterocycles. The zero-order valence-corrected chi connectivity index (χ0v) is 17.0. The first-order valence-electron chi connectivity index (χ1n) is 10.3. The SMILES string of the molecule is CCOC(=O)CCCCCOc1cc(-c2ccccc2)cc(-c2ccccc2)c1. The number of benzene rings is 3. The van der Waals surface area contributed by atoms with Gasteiger partial charge in [-0.15, -0.1) is 0 Å². The predicted octanol–water partition coefficient (Wildman–Crippen LogP) is 6.52. The normalized spacial score (nSPS) is 10.5. The molecule has 0 saturated carbocycles. The molecule has 0 fully saturated rings. The van der Waals surface area contributed by atoms with Crippen LogP contribution < -0.4 is 4.74 Å². The lowest BCUT2D eigenvalue weighted by Crippen LogP contribution is -2.04. The van der Waals surface area contributed by atoms with Crippen molar-refractivity contribution in [1.29, 1.82) is 0 Å². The highest BCUT2D eigenvalue weighted by atomic mass is 16.5. The van der Waals surface area contributed by atoms with E-state index in [0.717, 1.165) is 36.1 Å². The Morgan fingerprint density at radius 1 is 0.724 bits per heavy atom. The summed E-state index contributed by atoms with van der Waals surface area (Å²) < 4.78 is 11.0. The summed E-state index contributed by atoms with van der Waals surface area (Å²) in [6.45, 7) is 2.91. The third kappa shape index (κ3) is 6.49. The zero-order chi connectivity index (χ0) is 20.3. The minimum Gasteiger partial charge on any atom is -0.494 e. The molecule has 0 radical (unpaired) electrons. The minimum atomic E-state index is -0.114. The van der Waals surface area contributed by atoms with Crippen LogP contribution in [0.1, 0.15) is 32.6 Å². The Kier molecular flexibility index (Phi) is 7.88. The molecular formula is C26H28O3. The molecule has 0 heterocycles. The third-order valence-electron chi connectivity index (χ3n) is 4.72. The Bertz CT molecular complexity index is 831. The summed E-state index contributed by atoms with van der Waals surface area (Å²) in [4.78, 5) is 11.4. The van der Waals surface area contributed by atoms with E-state index in [4.69, 9.17) is 9.47 Å². The van der Waals surface area contributed by atoms with E-state index < -0.39 is 0 Å². The van der Waals surface area contributed by atoms with Gasteiger partial charge in [-0.1, -0.05) is 60.7 Å². The standard InChI is InChI=1S/C26H28O3/c1-2-28-26(27)16-10-5-11-17-29-25-19-23(21-12-6-3-7-13-21)18-24(20-25)22-14-8-4-9-15-22/h3-4,6-9,12-15,18-20H,2,5,10-11,16-17H2,1H3. The number of unbranched alkanes of at least 4 members (excludes halogenated alkanes) is 2. The number of ether oxygens (including phenoxy) is 2. The molecule has 3 heteroatoms. The van der Waals surface area contributed by atoms with E-state index >= 15 is 0 Å². The lowest BCUT2D eigenvalue weighted by atomic mass is 9.98. The Morgan fingerprint density at radius 3 is 1.86 bits per heavy atom. The fourth-order valence-corrected chi connectivity index (χ4v) is 3.25. The topological polar surface area (TPSA) is 35.5 Å². The zero-order valence-electron chi connectivity index (χ0n) is 17.0. The summed E-state index contributed by atoms with van der Waals surface area (Å²) in [7, 11) is 0. The number of carbonyl (C=O) groups excluding carboxylic acids is 1. The van der Waals surface area contributed by atoms with Gasteiger partial charge in [0.1, 0.15) is 5.75 Å². The maximum Gasteiger partial charge on any atom is 0.305 e. The van der Waals surface area contributed by atoms with Crippen LogP contribution in [0.15, 0.2) is 78.9 Å². The van der Waals surface area contributed by atoms with Crippen LogP contribution in [0.25, 0.3) is 22.3 Å². The Hall–Kier alpha value is -3.07. The minimum absolute atomic E-state index is 0.114. The molecule has 3 aromatic rings. The van der Waals surface area contributed by atoms with Gasteiger partial charge in [0.05, 0.1) is 13.2 Å². The lowest BCUT2D eigenvalue weighted by molar-refractivity contribution is -0.143. The van der Waals surface area contributed by atoms with Gasteiger partial charge in [0, 0.05) is 6.42 Å². The van der Waals surface area contributed by atoms with Crippen LogP contribution >= 0.6 is 0 Å². The highest BCUT2D eigenvalue weighted by molar-refractivity contribution is 5.75. The van der Waals surface area contributed by atoms with Crippen molar-refractivity contribution in [2.75, 3.05) is 13.2 Å². The molecular weight excluding hydrogens is 360 g/mol. The Morgan fingerprint density at radius 2 is 1.31 bits per heavy atom. The summed E-state index contributed by atoms with van der Waals surface area (Å²) >= 11 is 0. The summed E-state index contributed by atoms with van der Waals surface area (Å²) in [5.41, 5.74) is 4.63. The molecule has 0 atom stereocenters. The molecule has 0 unspecified atom stereocenters. The van der Waals surface area contributed by atoms with Crippen molar-refractivity contribution in [3.8, 4) is 28.0 Å². The highest BCUT2D eigenvalue weighted by Gasteiger charge is 2.07. The van der Waals surface area contributed by atoms with Crippen molar-refractivity contribution in [3.63, 3.8) is 0 Å². The van der Waals surface area contributed by atoms with Crippen LogP contribution in [-0.2, 0) is 9.53 Å². The first-order valence-corrected chi connectivity index (χ1v) is 10.3. The number of rotatable bonds is 10. The fraction of sp³-hybridized carbons (Fsp3) is 0.269. The number of carbonyl (C=O) groups is 1. The maximum atomic E-state index is 11.4. The van der Waals surface area contributed by atoms with Crippen molar-refractivity contribution < 1.29 is 14.3 Å². The summed E-state index contributed by atoms with van der Waals surface area (Å²) in [6, 6.07) is 27.1. The number of esters is 1. The fourth-order valence-electron chi connectivity index (χ4n) is 3.25. The van der Waals surface area contributed by atoms with E-state index in [1.54, 1.807) is 0 Å². The molecule has 3 nitrogen and oxygen atoms in total. The van der Waals surface area contributed by atoms with Gasteiger partial charge in [-0.2, -0.15) is 0 Å². The molecule has 0 aliphatic rings. The molecule has 0 aliphatic heterocycles. The van der Waals surface area contributed by atoms with Crippen molar-refractivity contribution in [2.24, 2.45) is 0 Å². The van der Waals surface area contributed by atoms with E-state index in [1.165, 1.54) is 11.1 Å². The second-order valence-electron chi connectivity index (χ2n) is 6.94. The van der Waals surface area contributed by atoms with Crippen molar-refractivity contribution in [3.05, 3.63) is 78.9 Å². The van der Waals surface area contributed by atoms with Gasteiger partial charge < -0.3 is 9.47 Å². The van der Waals surface area contributed by atoms with Crippen LogP contribution in [0.4, 0.5) is 0 Å². The van der Waals surface area contributed by atoms with Crippen LogP contribution in [0.2, 0.25) is 0 Å². The smallest absolute Gasteiger partial charge is 0.305 e. The van der Waals surface area contributed by atoms with Gasteiger partial charge in [0.15, 0.2) is 0 Å². The molecule has 0 saturated heterocycles. The second-order valence-corrected chi connectivity index (χ2v) is 6.94. The lowest BCUT2D eigenvalue weighted by Gasteiger charge is -2.12. The van der Waals surface area contributed by atoms with Gasteiger partial charge >= 0.3 is 5.97 Å². The first-order chi connectivity index (χ1) is 14.3. The van der Waals surface area contributed by atoms with Crippen molar-refractivity contribution in [1.82, 2.24) is 0 Å². The molecule has 0 amide bonds. The number of hydrogen-bond acceptors (Lipinski definition) is 3. The van der Waals surface area contributed by atoms with Crippen LogP contribution in [0, 0.1) is 0 Å². The second kappa shape index (κ2) is 11.1. The predicted molar refractivity (Wildman–Crippen MR) is 118 cm³/mol. The van der Waals surface area contributed by atoms with Gasteiger partial charge in [-0.3, -0.25) is 4.79 Å². The summed E-state index contributed by atoms with van der Waals surface area (Å²) in [6.07, 6.45) is 3.18. The third-order valence-corrected chi connectivity index (χ3v) is 4.72. The van der Waals surface area contributed by atoms with Gasteiger partial charge in [-0.05, 0) is 66.6 Å². The van der Waals surface area contributed by atoms with Gasteiger partial charge in [0.25, 0.3) is 0 Å². The molecule has 0 bridgehead atoms. The molecule has 29 heavy (non-hydrogen) atoms. The largest absolute Gasteiger partial charge is 0.494 e. The Balaban J connectivity index is 1.65.